The topological polar surface area (TPSA) is 63.4 Å². The lowest BCUT2D eigenvalue weighted by atomic mass is 10.0. The lowest BCUT2D eigenvalue weighted by molar-refractivity contribution is 0.406. The molecule has 1 aliphatic carbocycles. The van der Waals surface area contributed by atoms with Crippen LogP contribution in [-0.4, -0.2) is 37.1 Å². The number of rotatable bonds is 3. The fourth-order valence-electron chi connectivity index (χ4n) is 2.99. The lowest BCUT2D eigenvalue weighted by Gasteiger charge is -2.27. The van der Waals surface area contributed by atoms with Gasteiger partial charge in [-0.05, 0) is 32.1 Å². The minimum Gasteiger partial charge on any atom is -0.328 e. The zero-order chi connectivity index (χ0) is 12.5. The summed E-state index contributed by atoms with van der Waals surface area (Å²) in [6.07, 6.45) is 5.93. The molecule has 1 saturated heterocycles. The van der Waals surface area contributed by atoms with Crippen LogP contribution in [0.2, 0.25) is 0 Å². The lowest BCUT2D eigenvalue weighted by Crippen LogP contribution is -2.39. The highest BCUT2D eigenvalue weighted by atomic mass is 32.2. The Balaban J connectivity index is 2.01. The van der Waals surface area contributed by atoms with Gasteiger partial charge in [-0.3, -0.25) is 0 Å². The van der Waals surface area contributed by atoms with Crippen molar-refractivity contribution >= 4 is 10.0 Å². The highest BCUT2D eigenvalue weighted by Gasteiger charge is 2.38. The molecule has 0 aromatic rings. The van der Waals surface area contributed by atoms with E-state index in [9.17, 15) is 8.42 Å². The van der Waals surface area contributed by atoms with Crippen LogP contribution in [0, 0.1) is 5.92 Å². The van der Waals surface area contributed by atoms with E-state index in [1.807, 2.05) is 6.92 Å². The minimum absolute atomic E-state index is 0.0987. The number of nitrogens with two attached hydrogens (primary N) is 1. The van der Waals surface area contributed by atoms with E-state index in [-0.39, 0.29) is 11.3 Å². The molecule has 0 spiro atoms. The molecule has 5 heteroatoms. The zero-order valence-electron chi connectivity index (χ0n) is 10.6. The van der Waals surface area contributed by atoms with Crippen molar-refractivity contribution in [1.29, 1.82) is 0 Å². The molecule has 0 radical (unpaired) electrons. The summed E-state index contributed by atoms with van der Waals surface area (Å²) in [5.74, 6) is 0.341. The van der Waals surface area contributed by atoms with Gasteiger partial charge in [-0.2, -0.15) is 0 Å². The fraction of sp³-hybridized carbons (Fsp3) is 1.00. The molecule has 4 nitrogen and oxygen atoms in total. The van der Waals surface area contributed by atoms with E-state index in [0.29, 0.717) is 19.0 Å². The Hall–Kier alpha value is -0.130. The van der Waals surface area contributed by atoms with Crippen molar-refractivity contribution in [3.8, 4) is 0 Å². The van der Waals surface area contributed by atoms with Crippen LogP contribution in [0.4, 0.5) is 0 Å². The van der Waals surface area contributed by atoms with Crippen molar-refractivity contribution in [3.05, 3.63) is 0 Å². The second-order valence-electron chi connectivity index (χ2n) is 5.57. The normalized spacial score (nSPS) is 30.6. The van der Waals surface area contributed by atoms with E-state index in [4.69, 9.17) is 5.73 Å². The summed E-state index contributed by atoms with van der Waals surface area (Å²) in [6, 6.07) is 0.0987. The molecular formula is C12H24N2O2S. The number of hydrogen-bond acceptors (Lipinski definition) is 3. The van der Waals surface area contributed by atoms with Crippen molar-refractivity contribution < 1.29 is 8.42 Å². The van der Waals surface area contributed by atoms with Gasteiger partial charge in [0.2, 0.25) is 10.0 Å². The summed E-state index contributed by atoms with van der Waals surface area (Å²) in [4.78, 5) is 0. The van der Waals surface area contributed by atoms with Crippen LogP contribution < -0.4 is 5.73 Å². The highest BCUT2D eigenvalue weighted by Crippen LogP contribution is 2.30. The Bertz CT molecular complexity index is 348. The Morgan fingerprint density at radius 2 is 1.82 bits per heavy atom. The summed E-state index contributed by atoms with van der Waals surface area (Å²) in [6.45, 7) is 3.28. The van der Waals surface area contributed by atoms with E-state index in [2.05, 4.69) is 0 Å². The van der Waals surface area contributed by atoms with Crippen molar-refractivity contribution in [1.82, 2.24) is 4.31 Å². The van der Waals surface area contributed by atoms with Gasteiger partial charge < -0.3 is 5.73 Å². The average molecular weight is 260 g/mol. The Kier molecular flexibility index (Phi) is 4.10. The van der Waals surface area contributed by atoms with Crippen molar-refractivity contribution in [3.63, 3.8) is 0 Å². The zero-order valence-corrected chi connectivity index (χ0v) is 11.5. The standard InChI is InChI=1S/C12H24N2O2S/c1-10(13)11-7-8-14(9-11)17(15,16)12-5-3-2-4-6-12/h10-12H,2-9,13H2,1H3. The molecule has 1 aliphatic heterocycles. The van der Waals surface area contributed by atoms with Gasteiger partial charge in [-0.15, -0.1) is 0 Å². The van der Waals surface area contributed by atoms with Crippen molar-refractivity contribution in [2.45, 2.75) is 56.7 Å². The number of sulfonamides is 1. The van der Waals surface area contributed by atoms with Gasteiger partial charge in [0.25, 0.3) is 0 Å². The minimum atomic E-state index is -3.05. The molecule has 100 valence electrons. The van der Waals surface area contributed by atoms with Gasteiger partial charge in [0, 0.05) is 19.1 Å². The Morgan fingerprint density at radius 1 is 1.18 bits per heavy atom. The summed E-state index contributed by atoms with van der Waals surface area (Å²) in [5, 5.41) is -0.122. The maximum Gasteiger partial charge on any atom is 0.216 e. The first-order valence-electron chi connectivity index (χ1n) is 6.76. The van der Waals surface area contributed by atoms with Crippen LogP contribution in [0.15, 0.2) is 0 Å². The smallest absolute Gasteiger partial charge is 0.216 e. The van der Waals surface area contributed by atoms with Gasteiger partial charge in [-0.25, -0.2) is 12.7 Å². The molecule has 1 heterocycles. The van der Waals surface area contributed by atoms with Crippen LogP contribution >= 0.6 is 0 Å². The molecule has 2 aliphatic rings. The predicted molar refractivity (Wildman–Crippen MR) is 69.1 cm³/mol. The average Bonchev–Trinajstić information content (AvgIpc) is 2.80. The molecule has 17 heavy (non-hydrogen) atoms. The molecule has 0 aromatic heterocycles. The maximum absolute atomic E-state index is 12.4. The van der Waals surface area contributed by atoms with E-state index in [1.54, 1.807) is 4.31 Å². The molecule has 1 saturated carbocycles. The first kappa shape index (κ1) is 13.3. The SMILES string of the molecule is CC(N)C1CCN(S(=O)(=O)C2CCCCC2)C1. The molecule has 2 rings (SSSR count). The van der Waals surface area contributed by atoms with Gasteiger partial charge in [0.15, 0.2) is 0 Å². The van der Waals surface area contributed by atoms with E-state index >= 15 is 0 Å². The molecule has 2 unspecified atom stereocenters. The van der Waals surface area contributed by atoms with Crippen LogP contribution in [0.3, 0.4) is 0 Å². The third-order valence-electron chi connectivity index (χ3n) is 4.26. The number of nitrogens with zero attached hydrogens (tertiary/aromatic N) is 1. The summed E-state index contributed by atoms with van der Waals surface area (Å²) in [7, 11) is -3.05. The second-order valence-corrected chi connectivity index (χ2v) is 7.78. The van der Waals surface area contributed by atoms with Crippen LogP contribution in [0.25, 0.3) is 0 Å². The molecule has 2 N–H and O–H groups in total. The van der Waals surface area contributed by atoms with Crippen LogP contribution in [0.1, 0.15) is 45.4 Å². The number of hydrogen-bond donors (Lipinski definition) is 1. The van der Waals surface area contributed by atoms with Crippen molar-refractivity contribution in [2.75, 3.05) is 13.1 Å². The van der Waals surface area contributed by atoms with Gasteiger partial charge in [0.1, 0.15) is 0 Å². The predicted octanol–water partition coefficient (Wildman–Crippen LogP) is 1.32. The van der Waals surface area contributed by atoms with E-state index in [1.165, 1.54) is 6.42 Å². The first-order valence-corrected chi connectivity index (χ1v) is 8.26. The quantitative estimate of drug-likeness (QED) is 0.832. The van der Waals surface area contributed by atoms with E-state index < -0.39 is 10.0 Å². The highest BCUT2D eigenvalue weighted by molar-refractivity contribution is 7.89. The third kappa shape index (κ3) is 2.83. The molecule has 0 amide bonds. The Labute approximate surface area is 105 Å². The largest absolute Gasteiger partial charge is 0.328 e. The fourth-order valence-corrected chi connectivity index (χ4v) is 5.10. The molecule has 2 fully saturated rings. The maximum atomic E-state index is 12.4. The monoisotopic (exact) mass is 260 g/mol. The summed E-state index contributed by atoms with van der Waals surface area (Å²) >= 11 is 0. The van der Waals surface area contributed by atoms with Gasteiger partial charge >= 0.3 is 0 Å². The summed E-state index contributed by atoms with van der Waals surface area (Å²) in [5.41, 5.74) is 5.86. The van der Waals surface area contributed by atoms with Gasteiger partial charge in [-0.1, -0.05) is 19.3 Å². The Morgan fingerprint density at radius 3 is 2.35 bits per heavy atom. The second kappa shape index (κ2) is 5.24. The molecular weight excluding hydrogens is 236 g/mol. The van der Waals surface area contributed by atoms with Crippen LogP contribution in [-0.2, 0) is 10.0 Å². The van der Waals surface area contributed by atoms with Crippen molar-refractivity contribution in [2.24, 2.45) is 11.7 Å². The molecule has 0 bridgehead atoms. The summed E-state index contributed by atoms with van der Waals surface area (Å²) < 4.78 is 26.6. The first-order chi connectivity index (χ1) is 8.01. The molecule has 2 atom stereocenters. The van der Waals surface area contributed by atoms with Gasteiger partial charge in [0.05, 0.1) is 5.25 Å². The van der Waals surface area contributed by atoms with Crippen LogP contribution in [0.5, 0.6) is 0 Å². The van der Waals surface area contributed by atoms with E-state index in [0.717, 1.165) is 32.1 Å². The molecule has 0 aromatic carbocycles. The third-order valence-corrected chi connectivity index (χ3v) is 6.63.